The summed E-state index contributed by atoms with van der Waals surface area (Å²) in [6.45, 7) is 8.72. The van der Waals surface area contributed by atoms with Crippen molar-refractivity contribution < 1.29 is 4.39 Å². The summed E-state index contributed by atoms with van der Waals surface area (Å²) in [6, 6.07) is 17.7. The van der Waals surface area contributed by atoms with Gasteiger partial charge in [-0.1, -0.05) is 58.2 Å². The van der Waals surface area contributed by atoms with Crippen LogP contribution in [0.5, 0.6) is 0 Å². The van der Waals surface area contributed by atoms with Crippen molar-refractivity contribution in [3.63, 3.8) is 0 Å². The number of likely N-dealkylation sites (tertiary alicyclic amines) is 1. The molecule has 0 unspecified atom stereocenters. The Bertz CT molecular complexity index is 1920. The van der Waals surface area contributed by atoms with E-state index in [9.17, 15) is 9.65 Å². The van der Waals surface area contributed by atoms with E-state index in [0.29, 0.717) is 32.3 Å². The van der Waals surface area contributed by atoms with Crippen LogP contribution in [0.3, 0.4) is 0 Å². The Morgan fingerprint density at radius 2 is 1.76 bits per heavy atom. The number of fused-ring (bicyclic) bond motifs is 1. The van der Waals surface area contributed by atoms with Gasteiger partial charge in [0.05, 0.1) is 50.8 Å². The van der Waals surface area contributed by atoms with E-state index in [-0.39, 0.29) is 27.9 Å². The first-order valence-corrected chi connectivity index (χ1v) is 16.1. The van der Waals surface area contributed by atoms with E-state index in [0.717, 1.165) is 37.2 Å². The Hall–Kier alpha value is -3.94. The second kappa shape index (κ2) is 13.0. The van der Waals surface area contributed by atoms with E-state index in [2.05, 4.69) is 57.7 Å². The number of hydrogen-bond acceptors (Lipinski definition) is 7. The molecule has 1 aliphatic heterocycles. The Morgan fingerprint density at radius 1 is 1.02 bits per heavy atom. The number of halogens is 4. The number of piperidine rings is 1. The SMILES string of the molecule is CC(C)(C)N1CCC(n2cc([C@@H](Nc3cc(Cl)c4ncc(C#N)c(Nc5cccc(Cl)c5F)c4c3)c3ccc(Cl)cc3)nn2)CC1. The molecule has 2 aromatic heterocycles. The first-order chi connectivity index (χ1) is 22.0. The van der Waals surface area contributed by atoms with Crippen molar-refractivity contribution in [3.8, 4) is 6.07 Å². The van der Waals surface area contributed by atoms with Crippen molar-refractivity contribution >= 4 is 62.8 Å². The third-order valence-corrected chi connectivity index (χ3v) is 9.21. The van der Waals surface area contributed by atoms with Crippen LogP contribution in [0.2, 0.25) is 15.1 Å². The summed E-state index contributed by atoms with van der Waals surface area (Å²) >= 11 is 19.1. The fourth-order valence-corrected chi connectivity index (χ4v) is 6.42. The van der Waals surface area contributed by atoms with Crippen LogP contribution in [0.4, 0.5) is 21.5 Å². The first-order valence-electron chi connectivity index (χ1n) is 14.9. The molecular weight excluding hydrogens is 646 g/mol. The molecule has 46 heavy (non-hydrogen) atoms. The average molecular weight is 678 g/mol. The molecule has 1 aliphatic rings. The second-order valence-electron chi connectivity index (χ2n) is 12.4. The highest BCUT2D eigenvalue weighted by molar-refractivity contribution is 6.36. The summed E-state index contributed by atoms with van der Waals surface area (Å²) in [5, 5.41) is 27.2. The van der Waals surface area contributed by atoms with Crippen LogP contribution in [0.15, 0.2) is 67.0 Å². The van der Waals surface area contributed by atoms with E-state index in [1.54, 1.807) is 18.2 Å². The molecule has 2 N–H and O–H groups in total. The summed E-state index contributed by atoms with van der Waals surface area (Å²) in [5.74, 6) is -0.631. The van der Waals surface area contributed by atoms with Crippen molar-refractivity contribution in [2.75, 3.05) is 23.7 Å². The van der Waals surface area contributed by atoms with Gasteiger partial charge in [-0.15, -0.1) is 5.10 Å². The lowest BCUT2D eigenvalue weighted by Crippen LogP contribution is -2.46. The third kappa shape index (κ3) is 6.62. The second-order valence-corrected chi connectivity index (χ2v) is 13.6. The monoisotopic (exact) mass is 676 g/mol. The van der Waals surface area contributed by atoms with Gasteiger partial charge in [-0.25, -0.2) is 9.07 Å². The van der Waals surface area contributed by atoms with Gasteiger partial charge >= 0.3 is 0 Å². The molecule has 1 saturated heterocycles. The summed E-state index contributed by atoms with van der Waals surface area (Å²) in [4.78, 5) is 6.93. The Balaban J connectivity index is 1.37. The van der Waals surface area contributed by atoms with Crippen molar-refractivity contribution in [3.05, 3.63) is 105 Å². The molecule has 1 fully saturated rings. The molecule has 5 aromatic rings. The number of benzene rings is 3. The third-order valence-electron chi connectivity index (χ3n) is 8.38. The molecule has 1 atom stereocenters. The van der Waals surface area contributed by atoms with Crippen molar-refractivity contribution in [1.29, 1.82) is 5.26 Å². The van der Waals surface area contributed by atoms with Gasteiger partial charge in [0.2, 0.25) is 0 Å². The normalized spacial score (nSPS) is 15.1. The standard InChI is InChI=1S/C34H32Cl3FN8/c1-34(2,3)45-13-11-24(12-14-45)46-19-29(43-44-46)32(20-7-9-22(35)10-8-20)41-23-15-25-31(42-28-6-4-5-26(36)30(28)38)21(17-39)18-40-33(25)27(37)16-23/h4-10,15-16,18-19,24,32,41H,11-14H2,1-3H3,(H,40,42)/t32-/m0/s1. The van der Waals surface area contributed by atoms with Gasteiger partial charge in [-0.2, -0.15) is 5.26 Å². The van der Waals surface area contributed by atoms with Gasteiger partial charge in [0.25, 0.3) is 0 Å². The maximum atomic E-state index is 14.9. The van der Waals surface area contributed by atoms with Gasteiger partial charge in [0.15, 0.2) is 5.82 Å². The molecule has 0 radical (unpaired) electrons. The van der Waals surface area contributed by atoms with E-state index >= 15 is 0 Å². The molecule has 0 saturated carbocycles. The molecule has 0 aliphatic carbocycles. The van der Waals surface area contributed by atoms with Crippen LogP contribution in [-0.2, 0) is 0 Å². The Labute approximate surface area is 282 Å². The van der Waals surface area contributed by atoms with Gasteiger partial charge in [0.1, 0.15) is 11.8 Å². The van der Waals surface area contributed by atoms with Crippen LogP contribution >= 0.6 is 34.8 Å². The summed E-state index contributed by atoms with van der Waals surface area (Å²) < 4.78 is 16.9. The maximum Gasteiger partial charge on any atom is 0.165 e. The molecule has 3 heterocycles. The topological polar surface area (TPSA) is 94.7 Å². The van der Waals surface area contributed by atoms with Crippen LogP contribution in [0.25, 0.3) is 10.9 Å². The maximum absolute atomic E-state index is 14.9. The highest BCUT2D eigenvalue weighted by atomic mass is 35.5. The van der Waals surface area contributed by atoms with E-state index in [4.69, 9.17) is 34.8 Å². The molecule has 236 valence electrons. The van der Waals surface area contributed by atoms with Gasteiger partial charge in [-0.3, -0.25) is 9.88 Å². The molecular formula is C34H32Cl3FN8. The summed E-state index contributed by atoms with van der Waals surface area (Å²) in [7, 11) is 0. The smallest absolute Gasteiger partial charge is 0.165 e. The van der Waals surface area contributed by atoms with Crippen molar-refractivity contribution in [2.45, 2.75) is 51.2 Å². The number of aromatic nitrogens is 4. The quantitative estimate of drug-likeness (QED) is 0.177. The average Bonchev–Trinajstić information content (AvgIpc) is 3.53. The fourth-order valence-electron chi connectivity index (χ4n) is 5.85. The zero-order valence-corrected chi connectivity index (χ0v) is 27.8. The van der Waals surface area contributed by atoms with Crippen LogP contribution in [0, 0.1) is 17.1 Å². The molecule has 0 spiro atoms. The molecule has 3 aromatic carbocycles. The van der Waals surface area contributed by atoms with E-state index in [1.165, 1.54) is 12.3 Å². The van der Waals surface area contributed by atoms with Gasteiger partial charge in [-0.05, 0) is 75.6 Å². The van der Waals surface area contributed by atoms with E-state index < -0.39 is 11.9 Å². The minimum absolute atomic E-state index is 0.0409. The number of nitriles is 1. The highest BCUT2D eigenvalue weighted by Crippen LogP contribution is 2.38. The summed E-state index contributed by atoms with van der Waals surface area (Å²) in [6.07, 6.45) is 5.37. The van der Waals surface area contributed by atoms with Crippen molar-refractivity contribution in [1.82, 2.24) is 24.9 Å². The van der Waals surface area contributed by atoms with Crippen LogP contribution < -0.4 is 10.6 Å². The number of nitrogens with zero attached hydrogens (tertiary/aromatic N) is 6. The molecule has 0 amide bonds. The largest absolute Gasteiger partial charge is 0.373 e. The number of hydrogen-bond donors (Lipinski definition) is 2. The van der Waals surface area contributed by atoms with Gasteiger partial charge in [0, 0.05) is 40.9 Å². The predicted molar refractivity (Wildman–Crippen MR) is 183 cm³/mol. The Morgan fingerprint density at radius 3 is 2.46 bits per heavy atom. The minimum atomic E-state index is -0.631. The van der Waals surface area contributed by atoms with E-state index in [1.807, 2.05) is 41.2 Å². The minimum Gasteiger partial charge on any atom is -0.373 e. The lowest BCUT2D eigenvalue weighted by atomic mass is 9.98. The molecule has 12 heteroatoms. The lowest BCUT2D eigenvalue weighted by Gasteiger charge is -2.40. The molecule has 0 bridgehead atoms. The number of rotatable bonds is 7. The molecule has 8 nitrogen and oxygen atoms in total. The highest BCUT2D eigenvalue weighted by Gasteiger charge is 2.29. The number of nitrogens with one attached hydrogen (secondary N) is 2. The van der Waals surface area contributed by atoms with Crippen molar-refractivity contribution in [2.24, 2.45) is 0 Å². The first kappa shape index (κ1) is 32.0. The summed E-state index contributed by atoms with van der Waals surface area (Å²) in [5.41, 5.74) is 3.55. The zero-order valence-electron chi connectivity index (χ0n) is 25.5. The van der Waals surface area contributed by atoms with Gasteiger partial charge < -0.3 is 10.6 Å². The Kier molecular flexibility index (Phi) is 9.08. The van der Waals surface area contributed by atoms with Crippen LogP contribution in [0.1, 0.15) is 62.5 Å². The predicted octanol–water partition coefficient (Wildman–Crippen LogP) is 9.18. The molecule has 6 rings (SSSR count). The number of pyridine rings is 1. The number of anilines is 3. The lowest BCUT2D eigenvalue weighted by molar-refractivity contribution is 0.0866. The van der Waals surface area contributed by atoms with Crippen LogP contribution in [-0.4, -0.2) is 43.5 Å². The zero-order chi connectivity index (χ0) is 32.6. The fraction of sp³-hybridized carbons (Fsp3) is 0.294.